The standard InChI is InChI=1S/C5H4N2/c6-5-3-1-2-4-7-5/h1-2,4,6H. The van der Waals surface area contributed by atoms with Crippen molar-refractivity contribution in [1.29, 1.82) is 0 Å². The summed E-state index contributed by atoms with van der Waals surface area (Å²) in [6.45, 7) is 0. The molecule has 7 heavy (non-hydrogen) atoms. The summed E-state index contributed by atoms with van der Waals surface area (Å²) in [6, 6.07) is 5.98. The normalized spacial score (nSPS) is 8.57. The maximum Gasteiger partial charge on any atom is 0.152 e. The van der Waals surface area contributed by atoms with Crippen LogP contribution in [0.15, 0.2) is 18.3 Å². The molecular formula is C5H4N2. The van der Waals surface area contributed by atoms with E-state index in [1.807, 2.05) is 0 Å². The van der Waals surface area contributed by atoms with E-state index in [1.165, 1.54) is 0 Å². The van der Waals surface area contributed by atoms with Gasteiger partial charge in [-0.15, -0.1) is 0 Å². The lowest BCUT2D eigenvalue weighted by atomic mass is 10.5. The summed E-state index contributed by atoms with van der Waals surface area (Å²) < 4.78 is 0. The minimum absolute atomic E-state index is 0.197. The first-order valence-electron chi connectivity index (χ1n) is 1.94. The second kappa shape index (κ2) is 1.60. The van der Waals surface area contributed by atoms with Gasteiger partial charge in [-0.2, -0.15) is 0 Å². The van der Waals surface area contributed by atoms with Gasteiger partial charge in [0.2, 0.25) is 0 Å². The number of pyridine rings is 1. The molecule has 0 aliphatic carbocycles. The number of hydrogen-bond acceptors (Lipinski definition) is 1. The van der Waals surface area contributed by atoms with Crippen LogP contribution in [-0.2, 0) is 0 Å². The minimum atomic E-state index is 0.197. The molecule has 1 N–H and O–H groups in total. The Labute approximate surface area is 42.0 Å². The van der Waals surface area contributed by atoms with Gasteiger partial charge in [0.15, 0.2) is 5.82 Å². The van der Waals surface area contributed by atoms with Crippen molar-refractivity contribution in [3.63, 3.8) is 0 Å². The van der Waals surface area contributed by atoms with Gasteiger partial charge in [-0.1, -0.05) is 0 Å². The lowest BCUT2D eigenvalue weighted by Gasteiger charge is -1.80. The number of nitrogens with zero attached hydrogens (tertiary/aromatic N) is 1. The first-order valence-corrected chi connectivity index (χ1v) is 1.94. The second-order valence-corrected chi connectivity index (χ2v) is 1.13. The quantitative estimate of drug-likeness (QED) is 0.466. The zero-order chi connectivity index (χ0) is 5.11. The van der Waals surface area contributed by atoms with Crippen LogP contribution >= 0.6 is 0 Å². The van der Waals surface area contributed by atoms with Gasteiger partial charge in [-0.3, -0.25) is 5.73 Å². The van der Waals surface area contributed by atoms with Crippen molar-refractivity contribution in [2.24, 2.45) is 0 Å². The van der Waals surface area contributed by atoms with Gasteiger partial charge < -0.3 is 0 Å². The van der Waals surface area contributed by atoms with Gasteiger partial charge in [0.1, 0.15) is 0 Å². The number of rotatable bonds is 0. The molecule has 0 fully saturated rings. The maximum absolute atomic E-state index is 6.83. The molecule has 1 aromatic rings. The van der Waals surface area contributed by atoms with E-state index in [0.717, 1.165) is 0 Å². The van der Waals surface area contributed by atoms with Crippen LogP contribution in [0.4, 0.5) is 5.82 Å². The minimum Gasteiger partial charge on any atom is -0.282 e. The molecule has 1 aromatic heterocycles. The monoisotopic (exact) mass is 92.0 g/mol. The first kappa shape index (κ1) is 4.12. The Kier molecular flexibility index (Phi) is 0.941. The zero-order valence-electron chi connectivity index (χ0n) is 3.68. The maximum atomic E-state index is 6.83. The summed E-state index contributed by atoms with van der Waals surface area (Å²) in [5.74, 6) is 0.197. The summed E-state index contributed by atoms with van der Waals surface area (Å²) in [5.41, 5.74) is 6.83. The molecule has 0 amide bonds. The van der Waals surface area contributed by atoms with Crippen LogP contribution in [-0.4, -0.2) is 4.98 Å². The Hall–Kier alpha value is -1.05. The van der Waals surface area contributed by atoms with Crippen molar-refractivity contribution in [2.45, 2.75) is 0 Å². The van der Waals surface area contributed by atoms with Gasteiger partial charge in [0, 0.05) is 12.3 Å². The van der Waals surface area contributed by atoms with E-state index in [-0.39, 0.29) is 5.82 Å². The van der Waals surface area contributed by atoms with Gasteiger partial charge in [-0.25, -0.2) is 4.98 Å². The first-order chi connectivity index (χ1) is 3.39. The fourth-order valence-electron chi connectivity index (χ4n) is 0.325. The molecule has 2 nitrogen and oxygen atoms in total. The van der Waals surface area contributed by atoms with E-state index in [2.05, 4.69) is 11.1 Å². The van der Waals surface area contributed by atoms with Gasteiger partial charge in [0.05, 0.1) is 0 Å². The highest BCUT2D eigenvalue weighted by atomic mass is 14.8. The van der Waals surface area contributed by atoms with Crippen molar-refractivity contribution in [2.75, 3.05) is 0 Å². The average Bonchev–Trinajstić information content (AvgIpc) is 1.69. The van der Waals surface area contributed by atoms with Crippen molar-refractivity contribution in [3.8, 4) is 0 Å². The SMILES string of the molecule is [NH]c1[c]cccn1. The molecule has 2 radical (unpaired) electrons. The van der Waals surface area contributed by atoms with E-state index < -0.39 is 0 Å². The molecule has 0 saturated heterocycles. The molecule has 0 saturated carbocycles. The molecule has 0 unspecified atom stereocenters. The topological polar surface area (TPSA) is 36.7 Å². The summed E-state index contributed by atoms with van der Waals surface area (Å²) in [5, 5.41) is 0. The van der Waals surface area contributed by atoms with Gasteiger partial charge in [0.25, 0.3) is 0 Å². The summed E-state index contributed by atoms with van der Waals surface area (Å²) >= 11 is 0. The molecule has 0 bridgehead atoms. The molecule has 1 rings (SSSR count). The van der Waals surface area contributed by atoms with E-state index >= 15 is 0 Å². The van der Waals surface area contributed by atoms with E-state index in [9.17, 15) is 0 Å². The lowest BCUT2D eigenvalue weighted by molar-refractivity contribution is 1.25. The molecule has 0 atom stereocenters. The molecule has 0 aliphatic heterocycles. The van der Waals surface area contributed by atoms with Crippen molar-refractivity contribution in [3.05, 3.63) is 24.4 Å². The summed E-state index contributed by atoms with van der Waals surface area (Å²) in [7, 11) is 0. The average molecular weight is 92.1 g/mol. The second-order valence-electron chi connectivity index (χ2n) is 1.13. The van der Waals surface area contributed by atoms with Crippen LogP contribution < -0.4 is 5.73 Å². The molecule has 0 aliphatic rings. The molecule has 1 heterocycles. The molecular weight excluding hydrogens is 88.1 g/mol. The third kappa shape index (κ3) is 0.892. The van der Waals surface area contributed by atoms with Crippen LogP contribution in [0.2, 0.25) is 0 Å². The van der Waals surface area contributed by atoms with E-state index in [1.54, 1.807) is 18.3 Å². The van der Waals surface area contributed by atoms with Crippen LogP contribution in [0.5, 0.6) is 0 Å². The fourth-order valence-corrected chi connectivity index (χ4v) is 0.325. The van der Waals surface area contributed by atoms with Crippen LogP contribution in [0.25, 0.3) is 0 Å². The van der Waals surface area contributed by atoms with Crippen molar-refractivity contribution in [1.82, 2.24) is 10.7 Å². The lowest BCUT2D eigenvalue weighted by Crippen LogP contribution is -1.71. The third-order valence-corrected chi connectivity index (χ3v) is 0.606. The highest BCUT2D eigenvalue weighted by Gasteiger charge is 1.76. The van der Waals surface area contributed by atoms with Gasteiger partial charge >= 0.3 is 0 Å². The van der Waals surface area contributed by atoms with Crippen LogP contribution in [0.3, 0.4) is 0 Å². The fraction of sp³-hybridized carbons (Fsp3) is 0. The molecule has 0 aromatic carbocycles. The predicted octanol–water partition coefficient (Wildman–Crippen LogP) is 0.796. The number of hydrogen-bond donors (Lipinski definition) is 0. The highest BCUT2D eigenvalue weighted by molar-refractivity contribution is 5.18. The largest absolute Gasteiger partial charge is 0.282 e. The van der Waals surface area contributed by atoms with Crippen LogP contribution in [0, 0.1) is 6.07 Å². The van der Waals surface area contributed by atoms with E-state index in [0.29, 0.717) is 0 Å². The predicted molar refractivity (Wildman–Crippen MR) is 25.8 cm³/mol. The smallest absolute Gasteiger partial charge is 0.152 e. The van der Waals surface area contributed by atoms with E-state index in [4.69, 9.17) is 5.73 Å². The third-order valence-electron chi connectivity index (χ3n) is 0.606. The Morgan fingerprint density at radius 1 is 1.71 bits per heavy atom. The zero-order valence-corrected chi connectivity index (χ0v) is 3.68. The molecule has 0 spiro atoms. The number of nitrogens with one attached hydrogen (secondary N) is 1. The Bertz CT molecular complexity index is 136. The van der Waals surface area contributed by atoms with Crippen molar-refractivity contribution >= 4 is 5.82 Å². The highest BCUT2D eigenvalue weighted by Crippen LogP contribution is 1.90. The Balaban J connectivity index is 3.02. The summed E-state index contributed by atoms with van der Waals surface area (Å²) in [4.78, 5) is 3.59. The number of aromatic nitrogens is 1. The molecule has 2 heteroatoms. The Morgan fingerprint density at radius 2 is 2.57 bits per heavy atom. The van der Waals surface area contributed by atoms with Crippen molar-refractivity contribution < 1.29 is 0 Å². The van der Waals surface area contributed by atoms with Crippen LogP contribution in [0.1, 0.15) is 0 Å². The summed E-state index contributed by atoms with van der Waals surface area (Å²) in [6.07, 6.45) is 1.57. The van der Waals surface area contributed by atoms with Gasteiger partial charge in [-0.05, 0) is 12.1 Å². The molecule has 34 valence electrons. The Morgan fingerprint density at radius 3 is 2.86 bits per heavy atom.